The average molecular weight is 355 g/mol. The molecule has 26 heavy (non-hydrogen) atoms. The molecular formula is C22H29NO3. The van der Waals surface area contributed by atoms with Gasteiger partial charge in [0.15, 0.2) is 6.10 Å². The molecular weight excluding hydrogens is 326 g/mol. The van der Waals surface area contributed by atoms with Crippen molar-refractivity contribution in [1.82, 2.24) is 5.32 Å². The van der Waals surface area contributed by atoms with Gasteiger partial charge in [0.05, 0.1) is 6.10 Å². The van der Waals surface area contributed by atoms with Gasteiger partial charge in [-0.2, -0.15) is 0 Å². The van der Waals surface area contributed by atoms with Crippen LogP contribution in [0.15, 0.2) is 36.4 Å². The average Bonchev–Trinajstić information content (AvgIpc) is 2.56. The fraction of sp³-hybridized carbons (Fsp3) is 0.409. The number of hydrogen-bond donors (Lipinski definition) is 1. The van der Waals surface area contributed by atoms with E-state index in [0.29, 0.717) is 6.54 Å². The molecule has 0 heterocycles. The lowest BCUT2D eigenvalue weighted by Crippen LogP contribution is -2.36. The molecule has 0 bridgehead atoms. The molecule has 2 aromatic rings. The number of aryl methyl sites for hydroxylation is 2. The summed E-state index contributed by atoms with van der Waals surface area (Å²) in [5.41, 5.74) is 4.34. The van der Waals surface area contributed by atoms with Crippen LogP contribution in [0.3, 0.4) is 0 Å². The molecule has 0 aliphatic carbocycles. The largest absolute Gasteiger partial charge is 0.491 e. The Balaban J connectivity index is 1.96. The minimum absolute atomic E-state index is 0.120. The zero-order valence-corrected chi connectivity index (χ0v) is 16.6. The normalized spacial score (nSPS) is 12.0. The quantitative estimate of drug-likeness (QED) is 0.796. The second kappa shape index (κ2) is 8.75. The third-order valence-corrected chi connectivity index (χ3v) is 4.17. The Morgan fingerprint density at radius 1 is 1.04 bits per heavy atom. The van der Waals surface area contributed by atoms with Crippen molar-refractivity contribution in [1.29, 1.82) is 0 Å². The van der Waals surface area contributed by atoms with Crippen LogP contribution in [0.5, 0.6) is 11.5 Å². The molecule has 4 heteroatoms. The Labute approximate surface area is 156 Å². The van der Waals surface area contributed by atoms with Crippen molar-refractivity contribution in [2.45, 2.75) is 60.3 Å². The fourth-order valence-electron chi connectivity index (χ4n) is 2.70. The summed E-state index contributed by atoms with van der Waals surface area (Å²) in [4.78, 5) is 12.4. The molecule has 1 amide bonds. The van der Waals surface area contributed by atoms with E-state index in [9.17, 15) is 4.79 Å². The first kappa shape index (κ1) is 19.8. The van der Waals surface area contributed by atoms with Crippen LogP contribution in [0.2, 0.25) is 0 Å². The summed E-state index contributed by atoms with van der Waals surface area (Å²) in [7, 11) is 0. The number of carbonyl (C=O) groups is 1. The van der Waals surface area contributed by atoms with E-state index in [4.69, 9.17) is 9.47 Å². The lowest BCUT2D eigenvalue weighted by atomic mass is 10.1. The molecule has 0 spiro atoms. The Morgan fingerprint density at radius 3 is 2.46 bits per heavy atom. The first-order chi connectivity index (χ1) is 12.3. The van der Waals surface area contributed by atoms with Crippen LogP contribution in [0.25, 0.3) is 0 Å². The lowest BCUT2D eigenvalue weighted by molar-refractivity contribution is -0.127. The molecule has 0 fully saturated rings. The molecule has 0 radical (unpaired) electrons. The van der Waals surface area contributed by atoms with Gasteiger partial charge < -0.3 is 14.8 Å². The SMILES string of the molecule is Cc1cc(C)c(C)c(O[C@@H](C)C(=O)NCc2cccc(OC(C)C)c2)c1. The monoisotopic (exact) mass is 355 g/mol. The Hall–Kier alpha value is -2.49. The van der Waals surface area contributed by atoms with Gasteiger partial charge in [0.1, 0.15) is 11.5 Å². The zero-order valence-electron chi connectivity index (χ0n) is 16.6. The van der Waals surface area contributed by atoms with Crippen LogP contribution in [-0.4, -0.2) is 18.1 Å². The molecule has 0 saturated carbocycles. The molecule has 0 aliphatic rings. The Kier molecular flexibility index (Phi) is 6.67. The lowest BCUT2D eigenvalue weighted by Gasteiger charge is -2.18. The standard InChI is InChI=1S/C22H29NO3/c1-14(2)25-20-9-7-8-19(12-20)13-23-22(24)18(6)26-21-11-15(3)10-16(4)17(21)5/h7-12,14,18H,13H2,1-6H3,(H,23,24)/t18-/m0/s1. The first-order valence-corrected chi connectivity index (χ1v) is 9.04. The maximum Gasteiger partial charge on any atom is 0.261 e. The van der Waals surface area contributed by atoms with Crippen molar-refractivity contribution in [2.75, 3.05) is 0 Å². The summed E-state index contributed by atoms with van der Waals surface area (Å²) >= 11 is 0. The number of nitrogens with one attached hydrogen (secondary N) is 1. The van der Waals surface area contributed by atoms with E-state index in [-0.39, 0.29) is 12.0 Å². The van der Waals surface area contributed by atoms with Crippen molar-refractivity contribution >= 4 is 5.91 Å². The first-order valence-electron chi connectivity index (χ1n) is 9.04. The highest BCUT2D eigenvalue weighted by molar-refractivity contribution is 5.80. The van der Waals surface area contributed by atoms with Crippen molar-refractivity contribution < 1.29 is 14.3 Å². The third kappa shape index (κ3) is 5.51. The second-order valence-corrected chi connectivity index (χ2v) is 7.00. The van der Waals surface area contributed by atoms with Crippen LogP contribution >= 0.6 is 0 Å². The molecule has 2 aromatic carbocycles. The van der Waals surface area contributed by atoms with Gasteiger partial charge in [-0.05, 0) is 82.0 Å². The summed E-state index contributed by atoms with van der Waals surface area (Å²) in [5, 5.41) is 2.93. The summed E-state index contributed by atoms with van der Waals surface area (Å²) in [6, 6.07) is 11.8. The number of rotatable bonds is 7. The van der Waals surface area contributed by atoms with Crippen molar-refractivity contribution in [3.05, 3.63) is 58.7 Å². The predicted molar refractivity (Wildman–Crippen MR) is 105 cm³/mol. The summed E-state index contributed by atoms with van der Waals surface area (Å²) in [6.45, 7) is 12.3. The number of ether oxygens (including phenoxy) is 2. The van der Waals surface area contributed by atoms with E-state index in [1.165, 1.54) is 0 Å². The van der Waals surface area contributed by atoms with Gasteiger partial charge in [0, 0.05) is 6.54 Å². The molecule has 140 valence electrons. The van der Waals surface area contributed by atoms with Gasteiger partial charge in [-0.25, -0.2) is 0 Å². The van der Waals surface area contributed by atoms with Gasteiger partial charge in [-0.1, -0.05) is 18.2 Å². The van der Waals surface area contributed by atoms with Gasteiger partial charge in [-0.3, -0.25) is 4.79 Å². The Morgan fingerprint density at radius 2 is 1.77 bits per heavy atom. The van der Waals surface area contributed by atoms with Gasteiger partial charge in [0.2, 0.25) is 0 Å². The summed E-state index contributed by atoms with van der Waals surface area (Å²) in [6.07, 6.45) is -0.445. The Bertz CT molecular complexity index is 768. The number of benzene rings is 2. The highest BCUT2D eigenvalue weighted by atomic mass is 16.5. The minimum atomic E-state index is -0.565. The summed E-state index contributed by atoms with van der Waals surface area (Å²) in [5.74, 6) is 1.43. The molecule has 4 nitrogen and oxygen atoms in total. The summed E-state index contributed by atoms with van der Waals surface area (Å²) < 4.78 is 11.6. The molecule has 0 unspecified atom stereocenters. The molecule has 0 aliphatic heterocycles. The predicted octanol–water partition coefficient (Wildman–Crippen LogP) is 4.48. The van der Waals surface area contributed by atoms with Crippen LogP contribution in [0, 0.1) is 20.8 Å². The minimum Gasteiger partial charge on any atom is -0.491 e. The number of amides is 1. The van der Waals surface area contributed by atoms with Crippen LogP contribution in [-0.2, 0) is 11.3 Å². The maximum atomic E-state index is 12.4. The smallest absolute Gasteiger partial charge is 0.261 e. The molecule has 0 saturated heterocycles. The van der Waals surface area contributed by atoms with E-state index in [1.54, 1.807) is 6.92 Å². The zero-order chi connectivity index (χ0) is 19.3. The van der Waals surface area contributed by atoms with E-state index in [0.717, 1.165) is 33.8 Å². The van der Waals surface area contributed by atoms with E-state index < -0.39 is 6.10 Å². The topological polar surface area (TPSA) is 47.6 Å². The number of carbonyl (C=O) groups excluding carboxylic acids is 1. The molecule has 0 aromatic heterocycles. The van der Waals surface area contributed by atoms with Gasteiger partial charge in [0.25, 0.3) is 5.91 Å². The van der Waals surface area contributed by atoms with Crippen molar-refractivity contribution in [2.24, 2.45) is 0 Å². The highest BCUT2D eigenvalue weighted by Crippen LogP contribution is 2.24. The fourth-order valence-corrected chi connectivity index (χ4v) is 2.70. The second-order valence-electron chi connectivity index (χ2n) is 7.00. The van der Waals surface area contributed by atoms with Gasteiger partial charge >= 0.3 is 0 Å². The van der Waals surface area contributed by atoms with Crippen LogP contribution in [0.4, 0.5) is 0 Å². The van der Waals surface area contributed by atoms with E-state index >= 15 is 0 Å². The van der Waals surface area contributed by atoms with Crippen molar-refractivity contribution in [3.8, 4) is 11.5 Å². The third-order valence-electron chi connectivity index (χ3n) is 4.17. The van der Waals surface area contributed by atoms with Crippen molar-refractivity contribution in [3.63, 3.8) is 0 Å². The van der Waals surface area contributed by atoms with Gasteiger partial charge in [-0.15, -0.1) is 0 Å². The molecule has 1 N–H and O–H groups in total. The molecule has 1 atom stereocenters. The maximum absolute atomic E-state index is 12.4. The van der Waals surface area contributed by atoms with E-state index in [1.807, 2.05) is 65.0 Å². The van der Waals surface area contributed by atoms with Crippen LogP contribution < -0.4 is 14.8 Å². The molecule has 2 rings (SSSR count). The highest BCUT2D eigenvalue weighted by Gasteiger charge is 2.16. The van der Waals surface area contributed by atoms with E-state index in [2.05, 4.69) is 11.4 Å². The van der Waals surface area contributed by atoms with Crippen LogP contribution in [0.1, 0.15) is 43.0 Å². The number of hydrogen-bond acceptors (Lipinski definition) is 3.